The summed E-state index contributed by atoms with van der Waals surface area (Å²) in [5, 5.41) is 0. The van der Waals surface area contributed by atoms with E-state index in [1.54, 1.807) is 30.3 Å². The van der Waals surface area contributed by atoms with E-state index in [0.29, 0.717) is 18.0 Å². The van der Waals surface area contributed by atoms with E-state index in [1.807, 2.05) is 0 Å². The number of thiocarbonyl (C=S) groups is 1. The molecule has 0 aromatic heterocycles. The molecule has 0 amide bonds. The van der Waals surface area contributed by atoms with Gasteiger partial charge in [0.1, 0.15) is 0 Å². The summed E-state index contributed by atoms with van der Waals surface area (Å²) in [5.41, 5.74) is 5.33. The smallest absolute Gasteiger partial charge is 0.242 e. The van der Waals surface area contributed by atoms with Crippen LogP contribution in [0.25, 0.3) is 0 Å². The van der Waals surface area contributed by atoms with Crippen LogP contribution < -0.4 is 5.73 Å². The summed E-state index contributed by atoms with van der Waals surface area (Å²) < 4.78 is 25.2. The zero-order chi connectivity index (χ0) is 12.2. The first-order valence-electron chi connectivity index (χ1n) is 4.74. The molecule has 0 aliphatic rings. The minimum Gasteiger partial charge on any atom is -0.393 e. The maximum absolute atomic E-state index is 12.0. The fourth-order valence-electron chi connectivity index (χ4n) is 1.16. The standard InChI is InChI=1S/C10H14N2O2S2/c1-12(8-7-10(11)15)16(13,14)9-5-3-2-4-6-9/h2-6H,7-8H2,1H3,(H2,11,15). The molecule has 1 aromatic carbocycles. The molecule has 0 spiro atoms. The van der Waals surface area contributed by atoms with Crippen LogP contribution in [0.1, 0.15) is 6.42 Å². The molecule has 0 radical (unpaired) electrons. The first kappa shape index (κ1) is 13.1. The zero-order valence-corrected chi connectivity index (χ0v) is 10.6. The second kappa shape index (κ2) is 5.38. The van der Waals surface area contributed by atoms with Crippen molar-refractivity contribution in [1.82, 2.24) is 4.31 Å². The summed E-state index contributed by atoms with van der Waals surface area (Å²) in [7, 11) is -1.90. The van der Waals surface area contributed by atoms with Crippen LogP contribution in [-0.4, -0.2) is 31.3 Å². The maximum atomic E-state index is 12.0. The first-order chi connectivity index (χ1) is 7.44. The Morgan fingerprint density at radius 3 is 2.44 bits per heavy atom. The van der Waals surface area contributed by atoms with E-state index < -0.39 is 10.0 Å². The Labute approximate surface area is 101 Å². The Hall–Kier alpha value is -0.980. The Kier molecular flexibility index (Phi) is 4.40. The van der Waals surface area contributed by atoms with Gasteiger partial charge in [0.15, 0.2) is 0 Å². The van der Waals surface area contributed by atoms with Crippen molar-refractivity contribution in [3.63, 3.8) is 0 Å². The lowest BCUT2D eigenvalue weighted by molar-refractivity contribution is 0.479. The molecule has 2 N–H and O–H groups in total. The predicted molar refractivity (Wildman–Crippen MR) is 67.7 cm³/mol. The molecule has 0 bridgehead atoms. The second-order valence-corrected chi connectivity index (χ2v) is 5.93. The van der Waals surface area contributed by atoms with E-state index in [0.717, 1.165) is 0 Å². The molecule has 0 aliphatic carbocycles. The number of rotatable bonds is 5. The van der Waals surface area contributed by atoms with E-state index in [-0.39, 0.29) is 4.90 Å². The fourth-order valence-corrected chi connectivity index (χ4v) is 2.44. The van der Waals surface area contributed by atoms with Crippen molar-refractivity contribution in [1.29, 1.82) is 0 Å². The Bertz CT molecular complexity index is 457. The third kappa shape index (κ3) is 3.26. The third-order valence-electron chi connectivity index (χ3n) is 2.12. The highest BCUT2D eigenvalue weighted by Gasteiger charge is 2.19. The highest BCUT2D eigenvalue weighted by Crippen LogP contribution is 2.13. The third-order valence-corrected chi connectivity index (χ3v) is 4.20. The van der Waals surface area contributed by atoms with Crippen molar-refractivity contribution in [2.45, 2.75) is 11.3 Å². The van der Waals surface area contributed by atoms with Crippen molar-refractivity contribution in [3.8, 4) is 0 Å². The second-order valence-electron chi connectivity index (χ2n) is 3.36. The van der Waals surface area contributed by atoms with Gasteiger partial charge in [0.05, 0.1) is 9.88 Å². The van der Waals surface area contributed by atoms with Crippen LogP contribution >= 0.6 is 12.2 Å². The van der Waals surface area contributed by atoms with E-state index in [2.05, 4.69) is 0 Å². The summed E-state index contributed by atoms with van der Waals surface area (Å²) in [5.74, 6) is 0. The molecule has 0 fully saturated rings. The molecule has 88 valence electrons. The Morgan fingerprint density at radius 2 is 1.94 bits per heavy atom. The van der Waals surface area contributed by atoms with Crippen LogP contribution in [0.3, 0.4) is 0 Å². The van der Waals surface area contributed by atoms with Gasteiger partial charge < -0.3 is 5.73 Å². The van der Waals surface area contributed by atoms with Gasteiger partial charge in [-0.2, -0.15) is 0 Å². The number of nitrogens with two attached hydrogens (primary N) is 1. The lowest BCUT2D eigenvalue weighted by Crippen LogP contribution is -2.30. The van der Waals surface area contributed by atoms with Crippen molar-refractivity contribution in [2.24, 2.45) is 5.73 Å². The highest BCUT2D eigenvalue weighted by atomic mass is 32.2. The van der Waals surface area contributed by atoms with Crippen molar-refractivity contribution >= 4 is 27.2 Å². The van der Waals surface area contributed by atoms with Crippen LogP contribution in [0.5, 0.6) is 0 Å². The summed E-state index contributed by atoms with van der Waals surface area (Å²) in [4.78, 5) is 0.593. The van der Waals surface area contributed by atoms with Crippen molar-refractivity contribution in [2.75, 3.05) is 13.6 Å². The molecule has 6 heteroatoms. The zero-order valence-electron chi connectivity index (χ0n) is 8.96. The van der Waals surface area contributed by atoms with Gasteiger partial charge in [0, 0.05) is 20.0 Å². The van der Waals surface area contributed by atoms with Crippen LogP contribution in [0, 0.1) is 0 Å². The molecule has 4 nitrogen and oxygen atoms in total. The normalized spacial score (nSPS) is 11.6. The fraction of sp³-hybridized carbons (Fsp3) is 0.300. The van der Waals surface area contributed by atoms with Crippen molar-refractivity contribution < 1.29 is 8.42 Å². The number of hydrogen-bond donors (Lipinski definition) is 1. The van der Waals surface area contributed by atoms with Crippen LogP contribution in [0.15, 0.2) is 35.2 Å². The first-order valence-corrected chi connectivity index (χ1v) is 6.59. The minimum absolute atomic E-state index is 0.278. The molecule has 16 heavy (non-hydrogen) atoms. The predicted octanol–water partition coefficient (Wildman–Crippen LogP) is 0.983. The molecule has 1 aromatic rings. The van der Waals surface area contributed by atoms with Gasteiger partial charge in [0.25, 0.3) is 0 Å². The minimum atomic E-state index is -3.42. The van der Waals surface area contributed by atoms with E-state index in [9.17, 15) is 8.42 Å². The average Bonchev–Trinajstić information content (AvgIpc) is 2.27. The van der Waals surface area contributed by atoms with E-state index >= 15 is 0 Å². The molecular weight excluding hydrogens is 244 g/mol. The lowest BCUT2D eigenvalue weighted by atomic mass is 10.4. The van der Waals surface area contributed by atoms with Crippen molar-refractivity contribution in [3.05, 3.63) is 30.3 Å². The Balaban J connectivity index is 2.82. The molecular formula is C10H14N2O2S2. The van der Waals surface area contributed by atoms with E-state index in [1.165, 1.54) is 11.4 Å². The van der Waals surface area contributed by atoms with Gasteiger partial charge in [-0.05, 0) is 12.1 Å². The van der Waals surface area contributed by atoms with Gasteiger partial charge >= 0.3 is 0 Å². The number of benzene rings is 1. The molecule has 0 unspecified atom stereocenters. The van der Waals surface area contributed by atoms with E-state index in [4.69, 9.17) is 18.0 Å². The number of hydrogen-bond acceptors (Lipinski definition) is 3. The van der Waals surface area contributed by atoms with Crippen LogP contribution in [0.4, 0.5) is 0 Å². The quantitative estimate of drug-likeness (QED) is 0.800. The summed E-state index contributed by atoms with van der Waals surface area (Å²) in [6.45, 7) is 0.298. The van der Waals surface area contributed by atoms with Gasteiger partial charge in [-0.1, -0.05) is 30.4 Å². The monoisotopic (exact) mass is 258 g/mol. The number of sulfonamides is 1. The van der Waals surface area contributed by atoms with Gasteiger partial charge in [-0.15, -0.1) is 0 Å². The summed E-state index contributed by atoms with van der Waals surface area (Å²) >= 11 is 4.71. The molecule has 0 atom stereocenters. The van der Waals surface area contributed by atoms with Crippen LogP contribution in [-0.2, 0) is 10.0 Å². The van der Waals surface area contributed by atoms with Crippen LogP contribution in [0.2, 0.25) is 0 Å². The van der Waals surface area contributed by atoms with Gasteiger partial charge in [0.2, 0.25) is 10.0 Å². The summed E-state index contributed by atoms with van der Waals surface area (Å²) in [6, 6.07) is 8.27. The van der Waals surface area contributed by atoms with Gasteiger partial charge in [-0.25, -0.2) is 12.7 Å². The SMILES string of the molecule is CN(CCC(N)=S)S(=O)(=O)c1ccccc1. The molecule has 0 saturated heterocycles. The summed E-state index contributed by atoms with van der Waals surface area (Å²) in [6.07, 6.45) is 0.387. The molecule has 0 aliphatic heterocycles. The van der Waals surface area contributed by atoms with Gasteiger partial charge in [-0.3, -0.25) is 0 Å². The highest BCUT2D eigenvalue weighted by molar-refractivity contribution is 7.89. The molecule has 0 heterocycles. The average molecular weight is 258 g/mol. The Morgan fingerprint density at radius 1 is 1.38 bits per heavy atom. The number of nitrogens with zero attached hydrogens (tertiary/aromatic N) is 1. The molecule has 0 saturated carbocycles. The lowest BCUT2D eigenvalue weighted by Gasteiger charge is -2.16. The topological polar surface area (TPSA) is 63.4 Å². The largest absolute Gasteiger partial charge is 0.393 e. The maximum Gasteiger partial charge on any atom is 0.242 e. The molecule has 1 rings (SSSR count).